The average molecular weight is 322 g/mol. The smallest absolute Gasteiger partial charge is 0.0890 e. The van der Waals surface area contributed by atoms with Gasteiger partial charge in [-0.25, -0.2) is 9.97 Å². The van der Waals surface area contributed by atoms with Crippen molar-refractivity contribution in [1.29, 1.82) is 0 Å². The van der Waals surface area contributed by atoms with Crippen molar-refractivity contribution in [1.82, 2.24) is 19.4 Å². The molecule has 0 aliphatic carbocycles. The van der Waals surface area contributed by atoms with E-state index in [0.717, 1.165) is 48.7 Å². The van der Waals surface area contributed by atoms with Crippen LogP contribution in [0.15, 0.2) is 42.6 Å². The van der Waals surface area contributed by atoms with Crippen molar-refractivity contribution < 1.29 is 4.74 Å². The fraction of sp³-hybridized carbons (Fsp3) is 0.368. The number of aryl methyl sites for hydroxylation is 2. The summed E-state index contributed by atoms with van der Waals surface area (Å²) in [6, 6.07) is 12.6. The Bertz CT molecular complexity index is 857. The van der Waals surface area contributed by atoms with Gasteiger partial charge in [0.05, 0.1) is 41.7 Å². The Balaban J connectivity index is 1.65. The zero-order valence-corrected chi connectivity index (χ0v) is 14.1. The summed E-state index contributed by atoms with van der Waals surface area (Å²) >= 11 is 0. The number of rotatable bonds is 3. The molecule has 0 saturated carbocycles. The van der Waals surface area contributed by atoms with Crippen molar-refractivity contribution in [2.24, 2.45) is 7.05 Å². The predicted molar refractivity (Wildman–Crippen MR) is 93.7 cm³/mol. The summed E-state index contributed by atoms with van der Waals surface area (Å²) in [5.41, 5.74) is 5.25. The van der Waals surface area contributed by atoms with Gasteiger partial charge in [0.2, 0.25) is 0 Å². The Hall–Kier alpha value is -2.24. The molecule has 1 atom stereocenters. The molecule has 1 aliphatic rings. The number of para-hydroxylation sites is 2. The van der Waals surface area contributed by atoms with E-state index in [0.29, 0.717) is 0 Å². The maximum absolute atomic E-state index is 5.74. The summed E-state index contributed by atoms with van der Waals surface area (Å²) in [7, 11) is 2.09. The standard InChI is InChI=1S/C19H22N4O/c1-14-17(21-16-7-4-3-6-15(16)20-14)12-23-10-11-24-13-19(23)18-8-5-9-22(18)2/h3-9,19H,10-13H2,1-2H3. The maximum atomic E-state index is 5.74. The SMILES string of the molecule is Cc1nc2ccccc2nc1CN1CCOCC1c1cccn1C. The molecule has 1 aliphatic heterocycles. The summed E-state index contributed by atoms with van der Waals surface area (Å²) in [4.78, 5) is 12.0. The predicted octanol–water partition coefficient (Wildman–Crippen LogP) is 2.85. The van der Waals surface area contributed by atoms with Crippen molar-refractivity contribution in [3.05, 3.63) is 59.7 Å². The molecule has 4 rings (SSSR count). The Kier molecular flexibility index (Phi) is 4.04. The molecular formula is C19H22N4O. The quantitative estimate of drug-likeness (QED) is 0.744. The number of hydrogen-bond donors (Lipinski definition) is 0. The largest absolute Gasteiger partial charge is 0.378 e. The van der Waals surface area contributed by atoms with Crippen molar-refractivity contribution in [2.75, 3.05) is 19.8 Å². The second kappa shape index (κ2) is 6.34. The van der Waals surface area contributed by atoms with Crippen LogP contribution in [0.3, 0.4) is 0 Å². The van der Waals surface area contributed by atoms with Gasteiger partial charge in [-0.15, -0.1) is 0 Å². The number of nitrogens with zero attached hydrogens (tertiary/aromatic N) is 4. The third-order valence-corrected chi connectivity index (χ3v) is 4.76. The second-order valence-corrected chi connectivity index (χ2v) is 6.35. The fourth-order valence-electron chi connectivity index (χ4n) is 3.39. The normalized spacial score (nSPS) is 19.0. The summed E-state index contributed by atoms with van der Waals surface area (Å²) in [5.74, 6) is 0. The average Bonchev–Trinajstić information content (AvgIpc) is 3.02. The van der Waals surface area contributed by atoms with E-state index in [1.165, 1.54) is 5.69 Å². The molecule has 0 spiro atoms. The molecule has 5 nitrogen and oxygen atoms in total. The summed E-state index contributed by atoms with van der Waals surface area (Å²) < 4.78 is 7.91. The number of morpholine rings is 1. The molecule has 0 amide bonds. The van der Waals surface area contributed by atoms with Crippen molar-refractivity contribution in [2.45, 2.75) is 19.5 Å². The molecule has 1 saturated heterocycles. The highest BCUT2D eigenvalue weighted by Crippen LogP contribution is 2.26. The molecule has 0 bridgehead atoms. The van der Waals surface area contributed by atoms with Crippen molar-refractivity contribution >= 4 is 11.0 Å². The lowest BCUT2D eigenvalue weighted by molar-refractivity contribution is -0.0158. The van der Waals surface area contributed by atoms with E-state index in [4.69, 9.17) is 14.7 Å². The molecule has 3 heterocycles. The van der Waals surface area contributed by atoms with E-state index in [2.05, 4.69) is 34.8 Å². The lowest BCUT2D eigenvalue weighted by Crippen LogP contribution is -2.40. The van der Waals surface area contributed by atoms with Crippen LogP contribution >= 0.6 is 0 Å². The molecule has 0 N–H and O–H groups in total. The zero-order valence-electron chi connectivity index (χ0n) is 14.1. The monoisotopic (exact) mass is 322 g/mol. The first-order valence-corrected chi connectivity index (χ1v) is 8.37. The fourth-order valence-corrected chi connectivity index (χ4v) is 3.39. The summed E-state index contributed by atoms with van der Waals surface area (Å²) in [6.07, 6.45) is 2.09. The highest BCUT2D eigenvalue weighted by atomic mass is 16.5. The third-order valence-electron chi connectivity index (χ3n) is 4.76. The molecule has 1 unspecified atom stereocenters. The van der Waals surface area contributed by atoms with Crippen molar-refractivity contribution in [3.8, 4) is 0 Å². The summed E-state index contributed by atoms with van der Waals surface area (Å²) in [6.45, 7) is 5.23. The molecule has 3 aromatic rings. The molecule has 124 valence electrons. The van der Waals surface area contributed by atoms with Crippen LogP contribution in [0.2, 0.25) is 0 Å². The van der Waals surface area contributed by atoms with Gasteiger partial charge in [-0.1, -0.05) is 12.1 Å². The first kappa shape index (κ1) is 15.3. The van der Waals surface area contributed by atoms with Crippen molar-refractivity contribution in [3.63, 3.8) is 0 Å². The van der Waals surface area contributed by atoms with E-state index in [1.54, 1.807) is 0 Å². The minimum atomic E-state index is 0.256. The number of hydrogen-bond acceptors (Lipinski definition) is 4. The van der Waals surface area contributed by atoms with E-state index in [1.807, 2.05) is 31.2 Å². The van der Waals surface area contributed by atoms with Gasteiger partial charge >= 0.3 is 0 Å². The van der Waals surface area contributed by atoms with Crippen LogP contribution in [-0.4, -0.2) is 39.2 Å². The number of aromatic nitrogens is 3. The molecular weight excluding hydrogens is 300 g/mol. The lowest BCUT2D eigenvalue weighted by Gasteiger charge is -2.35. The second-order valence-electron chi connectivity index (χ2n) is 6.35. The van der Waals surface area contributed by atoms with Gasteiger partial charge in [-0.05, 0) is 31.2 Å². The van der Waals surface area contributed by atoms with Gasteiger partial charge in [0.15, 0.2) is 0 Å². The molecule has 24 heavy (non-hydrogen) atoms. The van der Waals surface area contributed by atoms with Gasteiger partial charge in [0.25, 0.3) is 0 Å². The first-order valence-electron chi connectivity index (χ1n) is 8.37. The van der Waals surface area contributed by atoms with Gasteiger partial charge in [0, 0.05) is 32.0 Å². The number of ether oxygens (including phenoxy) is 1. The first-order chi connectivity index (χ1) is 11.7. The van der Waals surface area contributed by atoms with E-state index >= 15 is 0 Å². The van der Waals surface area contributed by atoms with Gasteiger partial charge in [-0.2, -0.15) is 0 Å². The Morgan fingerprint density at radius 2 is 1.92 bits per heavy atom. The Labute approximate surface area is 141 Å². The zero-order chi connectivity index (χ0) is 16.5. The van der Waals surface area contributed by atoms with Crippen LogP contribution in [0, 0.1) is 6.92 Å². The minimum Gasteiger partial charge on any atom is -0.378 e. The molecule has 1 fully saturated rings. The molecule has 5 heteroatoms. The number of benzene rings is 1. The minimum absolute atomic E-state index is 0.256. The van der Waals surface area contributed by atoms with Crippen LogP contribution < -0.4 is 0 Å². The molecule has 2 aromatic heterocycles. The van der Waals surface area contributed by atoms with Crippen LogP contribution in [0.1, 0.15) is 23.1 Å². The summed E-state index contributed by atoms with van der Waals surface area (Å²) in [5, 5.41) is 0. The Morgan fingerprint density at radius 3 is 2.67 bits per heavy atom. The van der Waals surface area contributed by atoms with Crippen LogP contribution in [0.5, 0.6) is 0 Å². The van der Waals surface area contributed by atoms with E-state index in [-0.39, 0.29) is 6.04 Å². The third kappa shape index (κ3) is 2.81. The van der Waals surface area contributed by atoms with Crippen LogP contribution in [0.25, 0.3) is 11.0 Å². The highest BCUT2D eigenvalue weighted by Gasteiger charge is 2.27. The molecule has 1 aromatic carbocycles. The highest BCUT2D eigenvalue weighted by molar-refractivity contribution is 5.74. The Morgan fingerprint density at radius 1 is 1.12 bits per heavy atom. The van der Waals surface area contributed by atoms with Gasteiger partial charge in [0.1, 0.15) is 0 Å². The van der Waals surface area contributed by atoms with Gasteiger partial charge in [-0.3, -0.25) is 4.90 Å². The van der Waals surface area contributed by atoms with Crippen LogP contribution in [-0.2, 0) is 18.3 Å². The van der Waals surface area contributed by atoms with Gasteiger partial charge < -0.3 is 9.30 Å². The van der Waals surface area contributed by atoms with E-state index in [9.17, 15) is 0 Å². The van der Waals surface area contributed by atoms with Crippen LogP contribution in [0.4, 0.5) is 0 Å². The molecule has 0 radical (unpaired) electrons. The lowest BCUT2D eigenvalue weighted by atomic mass is 10.1. The maximum Gasteiger partial charge on any atom is 0.0890 e. The topological polar surface area (TPSA) is 43.2 Å². The van der Waals surface area contributed by atoms with E-state index < -0.39 is 0 Å². The number of fused-ring (bicyclic) bond motifs is 1.